The molecule has 1 aliphatic rings. The van der Waals surface area contributed by atoms with Crippen LogP contribution < -0.4 is 5.73 Å². The Labute approximate surface area is 84.0 Å². The number of rotatable bonds is 2. The van der Waals surface area contributed by atoms with Gasteiger partial charge in [0.1, 0.15) is 6.04 Å². The van der Waals surface area contributed by atoms with Crippen LogP contribution in [0, 0.1) is 0 Å². The first-order chi connectivity index (χ1) is 6.56. The number of carbonyl (C=O) groups excluding carboxylic acids is 2. The number of hydrogen-bond donors (Lipinski definition) is 1. The van der Waals surface area contributed by atoms with Crippen molar-refractivity contribution in [3.8, 4) is 0 Å². The number of carbonyl (C=O) groups is 2. The lowest BCUT2D eigenvalue weighted by Crippen LogP contribution is -2.41. The van der Waals surface area contributed by atoms with Gasteiger partial charge in [-0.2, -0.15) is 0 Å². The van der Waals surface area contributed by atoms with E-state index in [-0.39, 0.29) is 12.6 Å². The molecular formula is C8H13BN2O3. The van der Waals surface area contributed by atoms with E-state index in [0.717, 1.165) is 0 Å². The fraction of sp³-hybridized carbons (Fsp3) is 0.750. The third-order valence-electron chi connectivity index (χ3n) is 2.18. The molecule has 0 aromatic heterocycles. The van der Waals surface area contributed by atoms with E-state index < -0.39 is 17.8 Å². The molecule has 5 nitrogen and oxygen atoms in total. The van der Waals surface area contributed by atoms with Crippen molar-refractivity contribution >= 4 is 19.6 Å². The van der Waals surface area contributed by atoms with E-state index in [1.54, 1.807) is 6.92 Å². The van der Waals surface area contributed by atoms with Gasteiger partial charge in [0.2, 0.25) is 7.85 Å². The Morgan fingerprint density at radius 3 is 2.79 bits per heavy atom. The minimum absolute atomic E-state index is 0.197. The first-order valence-electron chi connectivity index (χ1n) is 4.54. The zero-order valence-electron chi connectivity index (χ0n) is 8.10. The van der Waals surface area contributed by atoms with Crippen molar-refractivity contribution in [1.29, 1.82) is 0 Å². The van der Waals surface area contributed by atoms with Crippen LogP contribution in [0.2, 0.25) is 0 Å². The van der Waals surface area contributed by atoms with Crippen LogP contribution in [0.1, 0.15) is 13.3 Å². The monoisotopic (exact) mass is 196 g/mol. The Morgan fingerprint density at radius 2 is 2.29 bits per heavy atom. The van der Waals surface area contributed by atoms with Crippen molar-refractivity contribution in [2.45, 2.75) is 25.4 Å². The van der Waals surface area contributed by atoms with Crippen molar-refractivity contribution in [1.82, 2.24) is 4.90 Å². The average Bonchev–Trinajstić information content (AvgIpc) is 2.48. The molecule has 76 valence electrons. The number of hydrogen-bond acceptors (Lipinski definition) is 4. The van der Waals surface area contributed by atoms with E-state index in [9.17, 15) is 9.59 Å². The van der Waals surface area contributed by atoms with Gasteiger partial charge < -0.3 is 15.4 Å². The highest BCUT2D eigenvalue weighted by Gasteiger charge is 2.37. The summed E-state index contributed by atoms with van der Waals surface area (Å²) in [6.07, 6.45) is 0.418. The lowest BCUT2D eigenvalue weighted by atomic mass is 10.1. The molecule has 1 aliphatic heterocycles. The van der Waals surface area contributed by atoms with Gasteiger partial charge in [-0.15, -0.1) is 0 Å². The molecule has 0 aliphatic carbocycles. The molecule has 0 bridgehead atoms. The van der Waals surface area contributed by atoms with Gasteiger partial charge in [-0.25, -0.2) is 4.79 Å². The lowest BCUT2D eigenvalue weighted by molar-refractivity contribution is -0.147. The van der Waals surface area contributed by atoms with Crippen LogP contribution >= 0.6 is 0 Å². The fourth-order valence-corrected chi connectivity index (χ4v) is 1.57. The van der Waals surface area contributed by atoms with Crippen LogP contribution in [-0.4, -0.2) is 49.8 Å². The van der Waals surface area contributed by atoms with Crippen LogP contribution in [0.3, 0.4) is 0 Å². The Hall–Kier alpha value is -1.04. The third kappa shape index (κ3) is 2.26. The molecule has 0 unspecified atom stereocenters. The highest BCUT2D eigenvalue weighted by molar-refractivity contribution is 6.57. The molecule has 0 spiro atoms. The molecular weight excluding hydrogens is 183 g/mol. The Bertz CT molecular complexity index is 247. The molecule has 0 aromatic carbocycles. The van der Waals surface area contributed by atoms with E-state index >= 15 is 0 Å². The molecule has 1 rings (SSSR count). The highest BCUT2D eigenvalue weighted by Crippen LogP contribution is 2.17. The van der Waals surface area contributed by atoms with Gasteiger partial charge in [0.05, 0.1) is 6.61 Å². The van der Waals surface area contributed by atoms with Crippen molar-refractivity contribution in [3.05, 3.63) is 0 Å². The normalized spacial score (nSPS) is 26.3. The second kappa shape index (κ2) is 4.46. The van der Waals surface area contributed by atoms with Crippen molar-refractivity contribution in [2.75, 3.05) is 13.2 Å². The summed E-state index contributed by atoms with van der Waals surface area (Å²) in [5.74, 6) is -1.06. The average molecular weight is 196 g/mol. The topological polar surface area (TPSA) is 72.6 Å². The third-order valence-corrected chi connectivity index (χ3v) is 2.18. The Morgan fingerprint density at radius 1 is 1.64 bits per heavy atom. The first-order valence-corrected chi connectivity index (χ1v) is 4.54. The van der Waals surface area contributed by atoms with Crippen LogP contribution in [0.4, 0.5) is 4.79 Å². The summed E-state index contributed by atoms with van der Waals surface area (Å²) in [6.45, 7) is 2.32. The molecule has 2 radical (unpaired) electrons. The SMILES string of the molecule is [B]C(=O)N1C[C@H](N)C[C@H]1C(=O)OCC. The van der Waals surface area contributed by atoms with Crippen LogP contribution in [-0.2, 0) is 9.53 Å². The summed E-state index contributed by atoms with van der Waals surface area (Å²) in [5, 5.41) is 0. The van der Waals surface area contributed by atoms with Gasteiger partial charge in [-0.3, -0.25) is 4.79 Å². The minimum atomic E-state index is -0.629. The molecule has 14 heavy (non-hydrogen) atoms. The highest BCUT2D eigenvalue weighted by atomic mass is 16.5. The number of ether oxygens (including phenoxy) is 1. The fourth-order valence-electron chi connectivity index (χ4n) is 1.57. The number of nitrogens with two attached hydrogens (primary N) is 1. The summed E-state index contributed by atoms with van der Waals surface area (Å²) in [7, 11) is 5.11. The maximum atomic E-state index is 11.4. The molecule has 1 amide bonds. The number of amides is 1. The standard InChI is InChI=1S/C8H13BN2O3/c1-2-14-7(12)6-3-5(10)4-11(6)8(9)13/h5-6H,2-4,10H2,1H3/t5-,6+/m1/s1. The van der Waals surface area contributed by atoms with Gasteiger partial charge in [0, 0.05) is 12.6 Å². The van der Waals surface area contributed by atoms with Crippen molar-refractivity contribution in [2.24, 2.45) is 5.73 Å². The molecule has 6 heteroatoms. The summed E-state index contributed by atoms with van der Waals surface area (Å²) in [6, 6.07) is -0.806. The quantitative estimate of drug-likeness (QED) is 0.465. The summed E-state index contributed by atoms with van der Waals surface area (Å²) in [5.41, 5.74) is 5.63. The zero-order chi connectivity index (χ0) is 10.7. The van der Waals surface area contributed by atoms with Crippen LogP contribution in [0.15, 0.2) is 0 Å². The molecule has 2 N–H and O–H groups in total. The van der Waals surface area contributed by atoms with Gasteiger partial charge in [-0.1, -0.05) is 0 Å². The van der Waals surface area contributed by atoms with Crippen LogP contribution in [0.5, 0.6) is 0 Å². The number of nitrogens with zero attached hydrogens (tertiary/aromatic N) is 1. The molecule has 1 saturated heterocycles. The Kier molecular flexibility index (Phi) is 3.52. The van der Waals surface area contributed by atoms with E-state index in [0.29, 0.717) is 13.0 Å². The van der Waals surface area contributed by atoms with Gasteiger partial charge >= 0.3 is 5.97 Å². The molecule has 1 fully saturated rings. The predicted octanol–water partition coefficient (Wildman–Crippen LogP) is -0.760. The number of esters is 1. The largest absolute Gasteiger partial charge is 0.464 e. The number of likely N-dealkylation sites (tertiary alicyclic amines) is 1. The molecule has 0 saturated carbocycles. The second-order valence-electron chi connectivity index (χ2n) is 3.25. The van der Waals surface area contributed by atoms with E-state index in [1.807, 2.05) is 0 Å². The van der Waals surface area contributed by atoms with E-state index in [1.165, 1.54) is 4.90 Å². The summed E-state index contributed by atoms with van der Waals surface area (Å²) >= 11 is 0. The smallest absolute Gasteiger partial charge is 0.328 e. The Balaban J connectivity index is 2.66. The van der Waals surface area contributed by atoms with Gasteiger partial charge in [-0.05, 0) is 13.3 Å². The maximum absolute atomic E-state index is 11.4. The molecule has 0 aromatic rings. The van der Waals surface area contributed by atoms with Gasteiger partial charge in [0.15, 0.2) is 5.81 Å². The minimum Gasteiger partial charge on any atom is -0.464 e. The summed E-state index contributed by atoms with van der Waals surface area (Å²) < 4.78 is 4.81. The maximum Gasteiger partial charge on any atom is 0.328 e. The summed E-state index contributed by atoms with van der Waals surface area (Å²) in [4.78, 5) is 23.6. The van der Waals surface area contributed by atoms with Crippen molar-refractivity contribution in [3.63, 3.8) is 0 Å². The molecule has 1 heterocycles. The van der Waals surface area contributed by atoms with E-state index in [2.05, 4.69) is 0 Å². The first kappa shape index (κ1) is 11.0. The lowest BCUT2D eigenvalue weighted by Gasteiger charge is -2.21. The van der Waals surface area contributed by atoms with Crippen LogP contribution in [0.25, 0.3) is 0 Å². The molecule has 2 atom stereocenters. The van der Waals surface area contributed by atoms with Gasteiger partial charge in [0.25, 0.3) is 0 Å². The second-order valence-corrected chi connectivity index (χ2v) is 3.25. The zero-order valence-corrected chi connectivity index (χ0v) is 8.10. The predicted molar refractivity (Wildman–Crippen MR) is 50.9 cm³/mol. The van der Waals surface area contributed by atoms with E-state index in [4.69, 9.17) is 18.3 Å². The van der Waals surface area contributed by atoms with Crippen molar-refractivity contribution < 1.29 is 14.3 Å².